The number of carbonyl (C=O) groups excluding carboxylic acids is 2. The van der Waals surface area contributed by atoms with Gasteiger partial charge in [-0.3, -0.25) is 9.59 Å². The SMILES string of the molecule is COc1cc(C(=O)NCCOCCOCCOCCO[C@H]2CC[C@H](Nc3nccc(-c4cnn(Cc5ccccc5)c4N(C)C)n3)CC2)ccc1NC(=O)C1NC(CC(C)(C)C)[C@](C#N)(c2ccc(Cl)cc2F)[C@H]1c1cccc(Cl)c1F. The van der Waals surface area contributed by atoms with E-state index in [1.54, 1.807) is 6.20 Å². The van der Waals surface area contributed by atoms with Crippen LogP contribution in [0.2, 0.25) is 10.0 Å². The Balaban J connectivity index is 0.720. The standard InChI is InChI=1S/C61H72Cl2F2N10O7/c1-60(2,3)35-52-61(38-66,46-21-16-41(62)34-48(46)64)53(44-13-10-14-47(63)54(44)65)55(73-52)57(77)71-50-22-15-40(33-51(50)78-6)56(76)67-25-26-79-27-28-80-29-30-81-31-32-82-43-19-17-42(18-20-43)70-59-68-24-23-49(72-59)45-36-69-75(58(45)74(4)5)37-39-11-8-7-9-12-39/h7-16,21-24,33-34,36,42-43,52-53,55,73H,17-20,25-32,35,37H2,1-6H3,(H,67,76)(H,71,77)(H,68,70,72)/t42-,43-,52?,53-,55?,61-/m0/s1. The number of nitrogens with one attached hydrogen (secondary N) is 4. The van der Waals surface area contributed by atoms with E-state index in [2.05, 4.69) is 49.4 Å². The molecule has 17 nitrogen and oxygen atoms in total. The first-order valence-electron chi connectivity index (χ1n) is 27.5. The minimum absolute atomic E-state index is 0.0405. The van der Waals surface area contributed by atoms with Crippen LogP contribution in [0, 0.1) is 28.4 Å². The Morgan fingerprint density at radius 3 is 2.29 bits per heavy atom. The minimum atomic E-state index is -1.81. The third-order valence-corrected chi connectivity index (χ3v) is 15.2. The van der Waals surface area contributed by atoms with Gasteiger partial charge in [-0.15, -0.1) is 0 Å². The van der Waals surface area contributed by atoms with E-state index in [1.165, 1.54) is 61.2 Å². The molecule has 0 spiro atoms. The molecule has 2 fully saturated rings. The Bertz CT molecular complexity index is 3150. The molecule has 82 heavy (non-hydrogen) atoms. The smallest absolute Gasteiger partial charge is 0.251 e. The van der Waals surface area contributed by atoms with Crippen molar-refractivity contribution >= 4 is 52.5 Å². The van der Waals surface area contributed by atoms with E-state index >= 15 is 8.78 Å². The molecule has 4 aromatic carbocycles. The minimum Gasteiger partial charge on any atom is -0.495 e. The molecule has 6 aromatic rings. The number of nitrogens with zero attached hydrogens (tertiary/aromatic N) is 6. The van der Waals surface area contributed by atoms with Gasteiger partial charge in [0.05, 0.1) is 106 Å². The third kappa shape index (κ3) is 15.3. The van der Waals surface area contributed by atoms with Crippen LogP contribution in [0.4, 0.5) is 26.2 Å². The Labute approximate surface area is 488 Å². The second-order valence-electron chi connectivity index (χ2n) is 21.9. The van der Waals surface area contributed by atoms with E-state index in [0.717, 1.165) is 48.8 Å². The van der Waals surface area contributed by atoms with Crippen molar-refractivity contribution in [1.29, 1.82) is 5.26 Å². The number of benzene rings is 4. The summed E-state index contributed by atoms with van der Waals surface area (Å²) in [5.74, 6) is -2.20. The fourth-order valence-corrected chi connectivity index (χ4v) is 11.2. The van der Waals surface area contributed by atoms with Gasteiger partial charge in [0, 0.05) is 61.0 Å². The highest BCUT2D eigenvalue weighted by Gasteiger charge is 2.61. The van der Waals surface area contributed by atoms with Gasteiger partial charge in [0.2, 0.25) is 11.9 Å². The number of carbonyl (C=O) groups is 2. The molecule has 8 rings (SSSR count). The summed E-state index contributed by atoms with van der Waals surface area (Å²) in [5, 5.41) is 28.3. The van der Waals surface area contributed by atoms with Crippen molar-refractivity contribution < 1.29 is 42.1 Å². The molecule has 1 aliphatic heterocycles. The molecule has 2 aliphatic rings. The van der Waals surface area contributed by atoms with Gasteiger partial charge < -0.3 is 49.9 Å². The summed E-state index contributed by atoms with van der Waals surface area (Å²) in [4.78, 5) is 39.2. The molecule has 4 N–H and O–H groups in total. The van der Waals surface area contributed by atoms with Crippen LogP contribution in [-0.2, 0) is 35.7 Å². The second-order valence-corrected chi connectivity index (χ2v) is 22.7. The van der Waals surface area contributed by atoms with Crippen LogP contribution < -0.4 is 30.9 Å². The lowest BCUT2D eigenvalue weighted by Crippen LogP contribution is -2.45. The van der Waals surface area contributed by atoms with E-state index in [0.29, 0.717) is 58.6 Å². The van der Waals surface area contributed by atoms with Gasteiger partial charge in [-0.1, -0.05) is 92.5 Å². The monoisotopic (exact) mass is 1160 g/mol. The molecule has 0 radical (unpaired) electrons. The predicted molar refractivity (Wildman–Crippen MR) is 313 cm³/mol. The average molecular weight is 1170 g/mol. The Hall–Kier alpha value is -6.76. The molecule has 0 bridgehead atoms. The van der Waals surface area contributed by atoms with Crippen LogP contribution in [0.15, 0.2) is 103 Å². The first kappa shape index (κ1) is 61.3. The van der Waals surface area contributed by atoms with Crippen LogP contribution >= 0.6 is 23.2 Å². The van der Waals surface area contributed by atoms with Gasteiger partial charge in [-0.2, -0.15) is 10.4 Å². The maximum atomic E-state index is 16.2. The molecule has 1 saturated heterocycles. The van der Waals surface area contributed by atoms with Crippen molar-refractivity contribution in [3.05, 3.63) is 147 Å². The number of hydrogen-bond donors (Lipinski definition) is 4. The van der Waals surface area contributed by atoms with Crippen LogP contribution in [0.25, 0.3) is 11.3 Å². The Morgan fingerprint density at radius 2 is 1.61 bits per heavy atom. The first-order chi connectivity index (χ1) is 39.5. The Kier molecular flexibility index (Phi) is 21.3. The quantitative estimate of drug-likeness (QED) is 0.0374. The molecular weight excluding hydrogens is 1090 g/mol. The van der Waals surface area contributed by atoms with Gasteiger partial charge in [0.15, 0.2) is 0 Å². The zero-order valence-corrected chi connectivity index (χ0v) is 48.7. The molecule has 1 saturated carbocycles. The fourth-order valence-electron chi connectivity index (χ4n) is 10.9. The fraction of sp³-hybridized carbons (Fsp3) is 0.443. The van der Waals surface area contributed by atoms with E-state index < -0.39 is 52.3 Å². The largest absolute Gasteiger partial charge is 0.495 e. The van der Waals surface area contributed by atoms with Gasteiger partial charge in [-0.05, 0) is 91.1 Å². The van der Waals surface area contributed by atoms with Crippen LogP contribution in [-0.4, -0.2) is 130 Å². The van der Waals surface area contributed by atoms with Crippen molar-refractivity contribution in [3.63, 3.8) is 0 Å². The highest BCUT2D eigenvalue weighted by Crippen LogP contribution is 2.53. The van der Waals surface area contributed by atoms with E-state index in [9.17, 15) is 14.9 Å². The molecule has 3 heterocycles. The summed E-state index contributed by atoms with van der Waals surface area (Å²) in [5.41, 5.74) is 1.07. The number of hydrogen-bond acceptors (Lipinski definition) is 14. The Morgan fingerprint density at radius 1 is 0.890 bits per heavy atom. The lowest BCUT2D eigenvalue weighted by molar-refractivity contribution is -0.118. The van der Waals surface area contributed by atoms with Gasteiger partial charge in [0.25, 0.3) is 5.91 Å². The number of methoxy groups -OCH3 is 1. The van der Waals surface area contributed by atoms with Gasteiger partial charge in [0.1, 0.15) is 28.6 Å². The number of rotatable bonds is 26. The summed E-state index contributed by atoms with van der Waals surface area (Å²) in [6, 6.07) is 25.5. The number of anilines is 3. The highest BCUT2D eigenvalue weighted by molar-refractivity contribution is 6.31. The maximum absolute atomic E-state index is 16.2. The van der Waals surface area contributed by atoms with Crippen molar-refractivity contribution in [3.8, 4) is 23.1 Å². The van der Waals surface area contributed by atoms with Crippen LogP contribution in [0.3, 0.4) is 0 Å². The maximum Gasteiger partial charge on any atom is 0.251 e. The number of aromatic nitrogens is 4. The van der Waals surface area contributed by atoms with Crippen molar-refractivity contribution in [2.24, 2.45) is 5.41 Å². The predicted octanol–water partition coefficient (Wildman–Crippen LogP) is 10.2. The van der Waals surface area contributed by atoms with E-state index in [1.807, 2.05) is 70.0 Å². The molecule has 2 unspecified atom stereocenters. The summed E-state index contributed by atoms with van der Waals surface area (Å²) in [7, 11) is 5.42. The molecule has 4 atom stereocenters. The van der Waals surface area contributed by atoms with Crippen LogP contribution in [0.5, 0.6) is 5.75 Å². The molecule has 1 aliphatic carbocycles. The number of halogens is 4. The number of nitriles is 1. The van der Waals surface area contributed by atoms with Crippen molar-refractivity contribution in [2.75, 3.05) is 89.5 Å². The summed E-state index contributed by atoms with van der Waals surface area (Å²) < 4.78 is 63.1. The highest BCUT2D eigenvalue weighted by atomic mass is 35.5. The third-order valence-electron chi connectivity index (χ3n) is 14.7. The number of amides is 2. The van der Waals surface area contributed by atoms with Gasteiger partial charge >= 0.3 is 0 Å². The van der Waals surface area contributed by atoms with E-state index in [4.69, 9.17) is 57.0 Å². The lowest BCUT2D eigenvalue weighted by Gasteiger charge is -2.37. The number of ether oxygens (including phenoxy) is 5. The lowest BCUT2D eigenvalue weighted by atomic mass is 9.62. The van der Waals surface area contributed by atoms with Gasteiger partial charge in [-0.25, -0.2) is 23.4 Å². The second kappa shape index (κ2) is 28.5. The first-order valence-corrected chi connectivity index (χ1v) is 28.3. The molecule has 2 aromatic heterocycles. The zero-order chi connectivity index (χ0) is 58.4. The summed E-state index contributed by atoms with van der Waals surface area (Å²) >= 11 is 12.5. The van der Waals surface area contributed by atoms with Crippen molar-refractivity contribution in [2.45, 2.75) is 95.0 Å². The topological polar surface area (TPSA) is 199 Å². The summed E-state index contributed by atoms with van der Waals surface area (Å²) in [6.45, 7) is 9.39. The summed E-state index contributed by atoms with van der Waals surface area (Å²) in [6.07, 6.45) is 7.85. The molecular formula is C61H72Cl2F2N10O7. The molecule has 2 amide bonds. The van der Waals surface area contributed by atoms with E-state index in [-0.39, 0.29) is 63.5 Å². The molecule has 436 valence electrons. The average Bonchev–Trinajstić information content (AvgIpc) is 3.60. The van der Waals surface area contributed by atoms with Crippen molar-refractivity contribution in [1.82, 2.24) is 30.4 Å². The van der Waals surface area contributed by atoms with Crippen LogP contribution in [0.1, 0.15) is 85.8 Å². The molecule has 21 heteroatoms. The normalized spacial score (nSPS) is 19.8. The zero-order valence-electron chi connectivity index (χ0n) is 47.2.